The van der Waals surface area contributed by atoms with Crippen molar-refractivity contribution in [2.45, 2.75) is 24.8 Å². The van der Waals surface area contributed by atoms with Crippen molar-refractivity contribution in [1.82, 2.24) is 10.6 Å². The molecule has 1 atom stereocenters. The Hall–Kier alpha value is -2.01. The van der Waals surface area contributed by atoms with Gasteiger partial charge in [-0.1, -0.05) is 30.3 Å². The van der Waals surface area contributed by atoms with Crippen molar-refractivity contribution < 1.29 is 9.59 Å². The molecule has 1 heterocycles. The van der Waals surface area contributed by atoms with Gasteiger partial charge in [-0.05, 0) is 18.4 Å². The van der Waals surface area contributed by atoms with E-state index in [0.29, 0.717) is 24.0 Å². The summed E-state index contributed by atoms with van der Waals surface area (Å²) in [6.45, 7) is 0.448. The number of nitrogens with one attached hydrogen (secondary N) is 2. The number of carbonyl (C=O) groups is 2. The minimum atomic E-state index is -0.814. The molecule has 1 saturated carbocycles. The van der Waals surface area contributed by atoms with Gasteiger partial charge in [0.15, 0.2) is 0 Å². The Morgan fingerprint density at radius 3 is 2.58 bits per heavy atom. The molecule has 2 amide bonds. The van der Waals surface area contributed by atoms with E-state index in [2.05, 4.69) is 15.6 Å². The summed E-state index contributed by atoms with van der Waals surface area (Å²) in [5.41, 5.74) is 0.683. The van der Waals surface area contributed by atoms with Crippen LogP contribution in [0.3, 0.4) is 0 Å². The van der Waals surface area contributed by atoms with Crippen molar-refractivity contribution in [3.63, 3.8) is 0 Å². The third-order valence-corrected chi connectivity index (χ3v) is 3.29. The SMILES string of the molecule is O=C1N=C(CNC2CC2)NC(=O)C1c1ccccc1. The first-order valence-electron chi connectivity index (χ1n) is 6.44. The van der Waals surface area contributed by atoms with E-state index in [0.717, 1.165) is 12.8 Å². The van der Waals surface area contributed by atoms with Gasteiger partial charge >= 0.3 is 0 Å². The molecule has 1 aliphatic heterocycles. The van der Waals surface area contributed by atoms with Crippen LogP contribution in [0.15, 0.2) is 35.3 Å². The summed E-state index contributed by atoms with van der Waals surface area (Å²) in [6.07, 6.45) is 2.31. The number of aliphatic imine (C=N–C) groups is 1. The van der Waals surface area contributed by atoms with Crippen LogP contribution in [-0.4, -0.2) is 30.2 Å². The molecule has 19 heavy (non-hydrogen) atoms. The lowest BCUT2D eigenvalue weighted by molar-refractivity contribution is -0.129. The highest BCUT2D eigenvalue weighted by Crippen LogP contribution is 2.21. The van der Waals surface area contributed by atoms with Crippen LogP contribution in [0.1, 0.15) is 24.3 Å². The van der Waals surface area contributed by atoms with Crippen LogP contribution in [0.2, 0.25) is 0 Å². The molecule has 2 N–H and O–H groups in total. The maximum atomic E-state index is 12.0. The minimum absolute atomic E-state index is 0.293. The number of amides is 2. The van der Waals surface area contributed by atoms with Crippen LogP contribution in [-0.2, 0) is 9.59 Å². The largest absolute Gasteiger partial charge is 0.312 e. The highest BCUT2D eigenvalue weighted by molar-refractivity contribution is 6.19. The lowest BCUT2D eigenvalue weighted by Crippen LogP contribution is -2.46. The number of benzene rings is 1. The lowest BCUT2D eigenvalue weighted by atomic mass is 9.96. The molecule has 1 unspecified atom stereocenters. The van der Waals surface area contributed by atoms with E-state index in [1.54, 1.807) is 12.1 Å². The normalized spacial score (nSPS) is 22.9. The monoisotopic (exact) mass is 257 g/mol. The van der Waals surface area contributed by atoms with Gasteiger partial charge in [-0.25, -0.2) is 0 Å². The van der Waals surface area contributed by atoms with Gasteiger partial charge in [-0.3, -0.25) is 9.59 Å². The van der Waals surface area contributed by atoms with Gasteiger partial charge in [0.1, 0.15) is 11.8 Å². The maximum Gasteiger partial charge on any atom is 0.264 e. The molecule has 1 fully saturated rings. The summed E-state index contributed by atoms with van der Waals surface area (Å²) >= 11 is 0. The zero-order chi connectivity index (χ0) is 13.2. The Morgan fingerprint density at radius 1 is 1.21 bits per heavy atom. The molecule has 1 aliphatic carbocycles. The number of hydrogen-bond acceptors (Lipinski definition) is 3. The third-order valence-electron chi connectivity index (χ3n) is 3.29. The fourth-order valence-corrected chi connectivity index (χ4v) is 2.10. The van der Waals surface area contributed by atoms with Gasteiger partial charge in [0, 0.05) is 6.04 Å². The molecule has 5 nitrogen and oxygen atoms in total. The first-order valence-corrected chi connectivity index (χ1v) is 6.44. The van der Waals surface area contributed by atoms with Crippen LogP contribution < -0.4 is 10.6 Å². The molecular weight excluding hydrogens is 242 g/mol. The maximum absolute atomic E-state index is 12.0. The Labute approximate surface area is 111 Å². The fourth-order valence-electron chi connectivity index (χ4n) is 2.10. The van der Waals surface area contributed by atoms with Crippen LogP contribution in [0.5, 0.6) is 0 Å². The summed E-state index contributed by atoms with van der Waals surface area (Å²) in [5, 5.41) is 5.93. The molecule has 3 rings (SSSR count). The first kappa shape index (κ1) is 12.0. The molecule has 5 heteroatoms. The zero-order valence-corrected chi connectivity index (χ0v) is 10.4. The molecule has 0 saturated heterocycles. The van der Waals surface area contributed by atoms with Crippen LogP contribution in [0.25, 0.3) is 0 Å². The second-order valence-electron chi connectivity index (χ2n) is 4.88. The van der Waals surface area contributed by atoms with E-state index in [-0.39, 0.29) is 11.8 Å². The van der Waals surface area contributed by atoms with Gasteiger partial charge in [0.25, 0.3) is 5.91 Å². The molecule has 0 bridgehead atoms. The first-order chi connectivity index (χ1) is 9.24. The molecule has 0 spiro atoms. The predicted molar refractivity (Wildman–Crippen MR) is 70.8 cm³/mol. The van der Waals surface area contributed by atoms with Gasteiger partial charge in [-0.15, -0.1) is 0 Å². The van der Waals surface area contributed by atoms with E-state index in [1.807, 2.05) is 18.2 Å². The Morgan fingerprint density at radius 2 is 1.95 bits per heavy atom. The second kappa shape index (κ2) is 4.93. The Balaban J connectivity index is 1.74. The van der Waals surface area contributed by atoms with Gasteiger partial charge in [0.05, 0.1) is 6.54 Å². The van der Waals surface area contributed by atoms with E-state index in [4.69, 9.17) is 0 Å². The van der Waals surface area contributed by atoms with Crippen molar-refractivity contribution >= 4 is 17.6 Å². The number of amidine groups is 1. The van der Waals surface area contributed by atoms with E-state index in [1.165, 1.54) is 0 Å². The van der Waals surface area contributed by atoms with Crippen molar-refractivity contribution in [2.75, 3.05) is 6.54 Å². The molecular formula is C14H15N3O2. The summed E-state index contributed by atoms with van der Waals surface area (Å²) in [5.74, 6) is -1.07. The molecule has 0 radical (unpaired) electrons. The van der Waals surface area contributed by atoms with Crippen LogP contribution >= 0.6 is 0 Å². The van der Waals surface area contributed by atoms with Gasteiger partial charge in [0.2, 0.25) is 5.91 Å². The zero-order valence-electron chi connectivity index (χ0n) is 10.4. The van der Waals surface area contributed by atoms with E-state index >= 15 is 0 Å². The Bertz CT molecular complexity index is 535. The summed E-state index contributed by atoms with van der Waals surface area (Å²) in [6, 6.07) is 9.52. The average Bonchev–Trinajstić information content (AvgIpc) is 3.21. The van der Waals surface area contributed by atoms with Gasteiger partial charge < -0.3 is 10.6 Å². The topological polar surface area (TPSA) is 70.6 Å². The summed E-state index contributed by atoms with van der Waals surface area (Å²) in [4.78, 5) is 28.0. The van der Waals surface area contributed by atoms with Crippen molar-refractivity contribution in [2.24, 2.45) is 4.99 Å². The van der Waals surface area contributed by atoms with Crippen LogP contribution in [0, 0.1) is 0 Å². The van der Waals surface area contributed by atoms with Crippen LogP contribution in [0.4, 0.5) is 0 Å². The molecule has 1 aromatic rings. The smallest absolute Gasteiger partial charge is 0.264 e. The van der Waals surface area contributed by atoms with Crippen molar-refractivity contribution in [3.8, 4) is 0 Å². The quantitative estimate of drug-likeness (QED) is 0.775. The highest BCUT2D eigenvalue weighted by Gasteiger charge is 2.33. The van der Waals surface area contributed by atoms with Crippen molar-refractivity contribution in [3.05, 3.63) is 35.9 Å². The molecule has 1 aromatic carbocycles. The minimum Gasteiger partial charge on any atom is -0.312 e. The highest BCUT2D eigenvalue weighted by atomic mass is 16.2. The van der Waals surface area contributed by atoms with E-state index < -0.39 is 5.92 Å². The number of nitrogens with zero attached hydrogens (tertiary/aromatic N) is 1. The van der Waals surface area contributed by atoms with Gasteiger partial charge in [-0.2, -0.15) is 4.99 Å². The van der Waals surface area contributed by atoms with E-state index in [9.17, 15) is 9.59 Å². The summed E-state index contributed by atoms with van der Waals surface area (Å²) in [7, 11) is 0. The third kappa shape index (κ3) is 2.71. The lowest BCUT2D eigenvalue weighted by Gasteiger charge is -2.20. The number of rotatable bonds is 4. The molecule has 98 valence electrons. The molecule has 0 aromatic heterocycles. The number of carbonyl (C=O) groups excluding carboxylic acids is 2. The molecule has 2 aliphatic rings. The Kier molecular flexibility index (Phi) is 3.13. The number of hydrogen-bond donors (Lipinski definition) is 2. The summed E-state index contributed by atoms with van der Waals surface area (Å²) < 4.78 is 0. The van der Waals surface area contributed by atoms with Crippen molar-refractivity contribution in [1.29, 1.82) is 0 Å². The standard InChI is InChI=1S/C14H15N3O2/c18-13-12(9-4-2-1-3-5-9)14(19)17-11(16-13)8-15-10-6-7-10/h1-5,10,12,15H,6-8H2,(H,16,17,18,19). The average molecular weight is 257 g/mol. The second-order valence-corrected chi connectivity index (χ2v) is 4.88. The fraction of sp³-hybridized carbons (Fsp3) is 0.357. The predicted octanol–water partition coefficient (Wildman–Crippen LogP) is 0.577.